The molecule has 0 radical (unpaired) electrons. The first-order chi connectivity index (χ1) is 11.5. The highest BCUT2D eigenvalue weighted by Gasteiger charge is 2.32. The number of ether oxygens (including phenoxy) is 1. The van der Waals surface area contributed by atoms with Crippen LogP contribution in [-0.2, 0) is 14.3 Å². The molecule has 1 aliphatic carbocycles. The van der Waals surface area contributed by atoms with E-state index < -0.39 is 6.04 Å². The molecule has 1 aliphatic heterocycles. The first-order valence-corrected chi connectivity index (χ1v) is 8.47. The third-order valence-corrected chi connectivity index (χ3v) is 4.91. The van der Waals surface area contributed by atoms with Crippen LogP contribution in [0, 0.1) is 5.92 Å². The lowest BCUT2D eigenvalue weighted by molar-refractivity contribution is -0.149. The van der Waals surface area contributed by atoms with Crippen molar-refractivity contribution in [3.8, 4) is 0 Å². The molecule has 1 saturated heterocycles. The first-order valence-electron chi connectivity index (χ1n) is 8.47. The molecule has 0 bridgehead atoms. The monoisotopic (exact) mass is 333 g/mol. The van der Waals surface area contributed by atoms with Crippen LogP contribution in [-0.4, -0.2) is 46.8 Å². The molecule has 130 valence electrons. The number of carbonyl (C=O) groups excluding carboxylic acids is 2. The Kier molecular flexibility index (Phi) is 4.69. The molecule has 1 aromatic heterocycles. The Morgan fingerprint density at radius 2 is 1.88 bits per heavy atom. The van der Waals surface area contributed by atoms with Crippen molar-refractivity contribution in [2.75, 3.05) is 20.2 Å². The second-order valence-electron chi connectivity index (χ2n) is 6.61. The van der Waals surface area contributed by atoms with Crippen molar-refractivity contribution in [2.24, 2.45) is 5.92 Å². The van der Waals surface area contributed by atoms with E-state index in [-0.39, 0.29) is 23.4 Å². The molecule has 3 rings (SSSR count). The van der Waals surface area contributed by atoms with Crippen molar-refractivity contribution >= 4 is 11.9 Å². The Morgan fingerprint density at radius 3 is 2.46 bits per heavy atom. The van der Waals surface area contributed by atoms with E-state index in [0.29, 0.717) is 31.8 Å². The Bertz CT molecular complexity index is 687. The zero-order chi connectivity index (χ0) is 17.3. The number of rotatable bonds is 4. The van der Waals surface area contributed by atoms with E-state index in [4.69, 9.17) is 4.74 Å². The summed E-state index contributed by atoms with van der Waals surface area (Å²) in [5.41, 5.74) is 0.628. The van der Waals surface area contributed by atoms with E-state index in [9.17, 15) is 14.4 Å². The number of likely N-dealkylation sites (tertiary alicyclic amines) is 1. The summed E-state index contributed by atoms with van der Waals surface area (Å²) in [6, 6.07) is 2.62. The van der Waals surface area contributed by atoms with E-state index >= 15 is 0 Å². The molecule has 2 heterocycles. The number of amides is 1. The molecule has 1 atom stereocenters. The summed E-state index contributed by atoms with van der Waals surface area (Å²) in [6.45, 7) is 2.71. The quantitative estimate of drug-likeness (QED) is 0.771. The van der Waals surface area contributed by atoms with Gasteiger partial charge in [0.05, 0.1) is 18.7 Å². The van der Waals surface area contributed by atoms with Gasteiger partial charge in [-0.3, -0.25) is 14.4 Å². The van der Waals surface area contributed by atoms with Gasteiger partial charge in [0.25, 0.3) is 5.56 Å². The van der Waals surface area contributed by atoms with Gasteiger partial charge < -0.3 is 9.64 Å². The van der Waals surface area contributed by atoms with Crippen LogP contribution in [0.1, 0.15) is 50.3 Å². The van der Waals surface area contributed by atoms with Gasteiger partial charge in [0.1, 0.15) is 6.04 Å². The lowest BCUT2D eigenvalue weighted by atomic mass is 9.96. The van der Waals surface area contributed by atoms with E-state index in [1.54, 1.807) is 17.9 Å². The van der Waals surface area contributed by atoms with Crippen LogP contribution in [0.25, 0.3) is 0 Å². The smallest absolute Gasteiger partial charge is 0.308 e. The third-order valence-electron chi connectivity index (χ3n) is 4.91. The van der Waals surface area contributed by atoms with E-state index in [0.717, 1.165) is 18.5 Å². The predicted molar refractivity (Wildman–Crippen MR) is 86.5 cm³/mol. The number of esters is 1. The minimum Gasteiger partial charge on any atom is -0.469 e. The second kappa shape index (κ2) is 6.75. The molecular formula is C17H23N3O4. The van der Waals surface area contributed by atoms with Crippen LogP contribution in [0.3, 0.4) is 0 Å². The average Bonchev–Trinajstić information content (AvgIpc) is 3.45. The summed E-state index contributed by atoms with van der Waals surface area (Å²) in [5, 5.41) is 4.39. The average molecular weight is 333 g/mol. The summed E-state index contributed by atoms with van der Waals surface area (Å²) >= 11 is 0. The van der Waals surface area contributed by atoms with Gasteiger partial charge in [0.2, 0.25) is 5.91 Å². The molecular weight excluding hydrogens is 310 g/mol. The van der Waals surface area contributed by atoms with Gasteiger partial charge in [-0.2, -0.15) is 5.10 Å². The predicted octanol–water partition coefficient (Wildman–Crippen LogP) is 1.09. The van der Waals surface area contributed by atoms with Crippen LogP contribution in [0.15, 0.2) is 16.9 Å². The Morgan fingerprint density at radius 1 is 1.21 bits per heavy atom. The lowest BCUT2D eigenvalue weighted by Gasteiger charge is -2.32. The van der Waals surface area contributed by atoms with Crippen molar-refractivity contribution in [2.45, 2.75) is 44.6 Å². The summed E-state index contributed by atoms with van der Waals surface area (Å²) < 4.78 is 6.06. The van der Waals surface area contributed by atoms with Gasteiger partial charge in [0.15, 0.2) is 0 Å². The van der Waals surface area contributed by atoms with Crippen LogP contribution in [0.2, 0.25) is 0 Å². The number of hydrogen-bond acceptors (Lipinski definition) is 5. The highest BCUT2D eigenvalue weighted by Crippen LogP contribution is 2.38. The third kappa shape index (κ3) is 3.34. The molecule has 7 nitrogen and oxygen atoms in total. The maximum absolute atomic E-state index is 12.7. The number of nitrogens with zero attached hydrogens (tertiary/aromatic N) is 3. The maximum Gasteiger partial charge on any atom is 0.308 e. The molecule has 1 unspecified atom stereocenters. The van der Waals surface area contributed by atoms with Crippen molar-refractivity contribution in [3.63, 3.8) is 0 Å². The first kappa shape index (κ1) is 16.7. The van der Waals surface area contributed by atoms with Gasteiger partial charge in [-0.1, -0.05) is 0 Å². The van der Waals surface area contributed by atoms with Gasteiger partial charge in [-0.25, -0.2) is 4.68 Å². The molecule has 24 heavy (non-hydrogen) atoms. The van der Waals surface area contributed by atoms with Crippen molar-refractivity contribution in [1.29, 1.82) is 0 Å². The minimum atomic E-state index is -0.633. The lowest BCUT2D eigenvalue weighted by Crippen LogP contribution is -2.45. The summed E-state index contributed by atoms with van der Waals surface area (Å²) in [5.74, 6) is -0.0608. The maximum atomic E-state index is 12.7. The molecule has 1 saturated carbocycles. The van der Waals surface area contributed by atoms with Gasteiger partial charge >= 0.3 is 5.97 Å². The van der Waals surface area contributed by atoms with E-state index in [1.165, 1.54) is 17.9 Å². The van der Waals surface area contributed by atoms with Crippen molar-refractivity contribution in [1.82, 2.24) is 14.7 Å². The highest BCUT2D eigenvalue weighted by atomic mass is 16.5. The Balaban J connectivity index is 1.68. The Labute approximate surface area is 140 Å². The van der Waals surface area contributed by atoms with E-state index in [1.807, 2.05) is 0 Å². The molecule has 1 amide bonds. The number of aromatic nitrogens is 2. The fourth-order valence-electron chi connectivity index (χ4n) is 3.19. The molecule has 0 spiro atoms. The number of carbonyl (C=O) groups is 2. The second-order valence-corrected chi connectivity index (χ2v) is 6.61. The summed E-state index contributed by atoms with van der Waals surface area (Å²) in [6.07, 6.45) is 3.37. The fourth-order valence-corrected chi connectivity index (χ4v) is 3.19. The summed E-state index contributed by atoms with van der Waals surface area (Å²) in [7, 11) is 1.38. The summed E-state index contributed by atoms with van der Waals surface area (Å²) in [4.78, 5) is 38.1. The number of hydrogen-bond donors (Lipinski definition) is 0. The van der Waals surface area contributed by atoms with Crippen LogP contribution < -0.4 is 5.56 Å². The zero-order valence-electron chi connectivity index (χ0n) is 14.1. The number of piperidine rings is 1. The highest BCUT2D eigenvalue weighted by molar-refractivity contribution is 5.80. The number of methoxy groups -OCH3 is 1. The van der Waals surface area contributed by atoms with Gasteiger partial charge in [-0.15, -0.1) is 0 Å². The molecule has 0 aromatic carbocycles. The molecule has 2 aliphatic rings. The SMILES string of the molecule is COC(=O)C1CCN(C(=O)C(C)n2nc(C3CC3)ccc2=O)CC1. The van der Waals surface area contributed by atoms with Gasteiger partial charge in [-0.05, 0) is 38.7 Å². The van der Waals surface area contributed by atoms with Crippen LogP contribution in [0.5, 0.6) is 0 Å². The largest absolute Gasteiger partial charge is 0.469 e. The fraction of sp³-hybridized carbons (Fsp3) is 0.647. The standard InChI is InChI=1S/C17H23N3O4/c1-11(20-15(21)6-5-14(18-20)12-3-4-12)16(22)19-9-7-13(8-10-19)17(23)24-2/h5-6,11-13H,3-4,7-10H2,1-2H3. The zero-order valence-corrected chi connectivity index (χ0v) is 14.1. The Hall–Kier alpha value is -2.18. The topological polar surface area (TPSA) is 81.5 Å². The van der Waals surface area contributed by atoms with Crippen molar-refractivity contribution < 1.29 is 14.3 Å². The molecule has 1 aromatic rings. The molecule has 2 fully saturated rings. The van der Waals surface area contributed by atoms with Gasteiger partial charge in [0, 0.05) is 25.1 Å². The normalized spacial score (nSPS) is 19.8. The van der Waals surface area contributed by atoms with Crippen LogP contribution >= 0.6 is 0 Å². The molecule has 7 heteroatoms. The molecule has 0 N–H and O–H groups in total. The van der Waals surface area contributed by atoms with E-state index in [2.05, 4.69) is 5.10 Å². The van der Waals surface area contributed by atoms with Crippen molar-refractivity contribution in [3.05, 3.63) is 28.2 Å². The minimum absolute atomic E-state index is 0.124. The van der Waals surface area contributed by atoms with Crippen LogP contribution in [0.4, 0.5) is 0 Å².